The van der Waals surface area contributed by atoms with E-state index < -0.39 is 0 Å². The monoisotopic (exact) mass is 228 g/mol. The lowest BCUT2D eigenvalue weighted by Gasteiger charge is -1.93. The van der Waals surface area contributed by atoms with E-state index in [-0.39, 0.29) is 18.1 Å². The van der Waals surface area contributed by atoms with Crippen LogP contribution in [0.25, 0.3) is 0 Å². The number of nitriles is 1. The summed E-state index contributed by atoms with van der Waals surface area (Å²) in [5, 5.41) is 16.7. The first-order chi connectivity index (χ1) is 5.74. The van der Waals surface area contributed by atoms with E-state index in [0.29, 0.717) is 4.60 Å². The van der Waals surface area contributed by atoms with Crippen molar-refractivity contribution >= 4 is 21.8 Å². The number of H-pyrrole nitrogens is 1. The Morgan fingerprint density at radius 3 is 3.17 bits per heavy atom. The molecule has 1 aromatic rings. The van der Waals surface area contributed by atoms with Crippen molar-refractivity contribution in [3.63, 3.8) is 0 Å². The van der Waals surface area contributed by atoms with Crippen LogP contribution in [0.2, 0.25) is 0 Å². The van der Waals surface area contributed by atoms with Gasteiger partial charge in [0, 0.05) is 6.07 Å². The molecule has 6 heteroatoms. The molecule has 1 amide bonds. The molecular weight excluding hydrogens is 224 g/mol. The Hall–Kier alpha value is -1.35. The third-order valence-corrected chi connectivity index (χ3v) is 1.51. The molecule has 0 aliphatic heterocycles. The largest absolute Gasteiger partial charge is 0.338 e. The van der Waals surface area contributed by atoms with Crippen molar-refractivity contribution in [1.82, 2.24) is 15.5 Å². The maximum atomic E-state index is 11.1. The number of hydrogen-bond donors (Lipinski definition) is 2. The second-order valence-corrected chi connectivity index (χ2v) is 2.80. The summed E-state index contributed by atoms with van der Waals surface area (Å²) in [7, 11) is 0. The van der Waals surface area contributed by atoms with E-state index in [0.717, 1.165) is 0 Å². The number of nitrogens with zero attached hydrogens (tertiary/aromatic N) is 2. The van der Waals surface area contributed by atoms with Crippen LogP contribution >= 0.6 is 15.9 Å². The first-order valence-electron chi connectivity index (χ1n) is 3.10. The number of hydrogen-bond acceptors (Lipinski definition) is 3. The minimum absolute atomic E-state index is 0.0106. The maximum Gasteiger partial charge on any atom is 0.272 e. The standard InChI is InChI=1S/C6H5BrN4O/c7-5-3-4(10-11-5)6(12)9-2-1-8/h3H,2H2,(H,9,12)(H,10,11). The summed E-state index contributed by atoms with van der Waals surface area (Å²) < 4.78 is 0.629. The molecule has 62 valence electrons. The number of amides is 1. The number of carbonyl (C=O) groups is 1. The van der Waals surface area contributed by atoms with Gasteiger partial charge in [-0.05, 0) is 15.9 Å². The second-order valence-electron chi connectivity index (χ2n) is 1.94. The van der Waals surface area contributed by atoms with Crippen LogP contribution in [0.5, 0.6) is 0 Å². The predicted octanol–water partition coefficient (Wildman–Crippen LogP) is 0.426. The van der Waals surface area contributed by atoms with Gasteiger partial charge in [0.15, 0.2) is 5.69 Å². The number of aromatic amines is 1. The molecule has 1 aromatic heterocycles. The minimum Gasteiger partial charge on any atom is -0.338 e. The Labute approximate surface area is 76.9 Å². The third-order valence-electron chi connectivity index (χ3n) is 1.11. The first kappa shape index (κ1) is 8.74. The van der Waals surface area contributed by atoms with Gasteiger partial charge in [-0.25, -0.2) is 0 Å². The van der Waals surface area contributed by atoms with Crippen molar-refractivity contribution in [2.24, 2.45) is 0 Å². The van der Waals surface area contributed by atoms with Gasteiger partial charge in [-0.15, -0.1) is 0 Å². The van der Waals surface area contributed by atoms with Gasteiger partial charge in [-0.2, -0.15) is 10.4 Å². The molecule has 0 spiro atoms. The molecule has 0 aliphatic rings. The van der Waals surface area contributed by atoms with Crippen molar-refractivity contribution < 1.29 is 4.79 Å². The molecule has 0 unspecified atom stereocenters. The van der Waals surface area contributed by atoms with Crippen LogP contribution in [0, 0.1) is 11.3 Å². The number of carbonyl (C=O) groups excluding carboxylic acids is 1. The van der Waals surface area contributed by atoms with Gasteiger partial charge in [-0.3, -0.25) is 9.89 Å². The van der Waals surface area contributed by atoms with Crippen LogP contribution in [-0.4, -0.2) is 22.6 Å². The molecule has 12 heavy (non-hydrogen) atoms. The van der Waals surface area contributed by atoms with E-state index in [9.17, 15) is 4.79 Å². The predicted molar refractivity (Wildman–Crippen MR) is 44.2 cm³/mol. The molecule has 0 saturated heterocycles. The summed E-state index contributed by atoms with van der Waals surface area (Å²) in [6.45, 7) is -0.0106. The van der Waals surface area contributed by atoms with Crippen molar-refractivity contribution in [3.05, 3.63) is 16.4 Å². The summed E-state index contributed by atoms with van der Waals surface area (Å²) in [5.74, 6) is -0.362. The molecule has 5 nitrogen and oxygen atoms in total. The zero-order valence-corrected chi connectivity index (χ0v) is 7.55. The SMILES string of the molecule is N#CCNC(=O)c1cc(Br)[nH]n1. The molecule has 1 rings (SSSR count). The number of aromatic nitrogens is 2. The van der Waals surface area contributed by atoms with Crippen molar-refractivity contribution in [2.75, 3.05) is 6.54 Å². The molecule has 0 atom stereocenters. The molecule has 0 aliphatic carbocycles. The maximum absolute atomic E-state index is 11.1. The van der Waals surface area contributed by atoms with Gasteiger partial charge in [0.1, 0.15) is 11.1 Å². The first-order valence-corrected chi connectivity index (χ1v) is 3.89. The Morgan fingerprint density at radius 1 is 1.92 bits per heavy atom. The van der Waals surface area contributed by atoms with Crippen molar-refractivity contribution in [2.45, 2.75) is 0 Å². The fourth-order valence-corrected chi connectivity index (χ4v) is 0.930. The molecule has 0 aromatic carbocycles. The average Bonchev–Trinajstić information content (AvgIpc) is 2.47. The van der Waals surface area contributed by atoms with Crippen LogP contribution < -0.4 is 5.32 Å². The number of halogens is 1. The van der Waals surface area contributed by atoms with Crippen LogP contribution in [0.4, 0.5) is 0 Å². The molecule has 0 bridgehead atoms. The summed E-state index contributed by atoms with van der Waals surface area (Å²) >= 11 is 3.11. The van der Waals surface area contributed by atoms with Crippen LogP contribution in [0.15, 0.2) is 10.7 Å². The lowest BCUT2D eigenvalue weighted by atomic mass is 10.4. The van der Waals surface area contributed by atoms with E-state index in [4.69, 9.17) is 5.26 Å². The van der Waals surface area contributed by atoms with Gasteiger partial charge in [0.2, 0.25) is 0 Å². The summed E-state index contributed by atoms with van der Waals surface area (Å²) in [4.78, 5) is 11.1. The highest BCUT2D eigenvalue weighted by molar-refractivity contribution is 9.10. The summed E-state index contributed by atoms with van der Waals surface area (Å²) in [6.07, 6.45) is 0. The highest BCUT2D eigenvalue weighted by Crippen LogP contribution is 2.05. The average molecular weight is 229 g/mol. The van der Waals surface area contributed by atoms with Crippen molar-refractivity contribution in [1.29, 1.82) is 5.26 Å². The fraction of sp³-hybridized carbons (Fsp3) is 0.167. The van der Waals surface area contributed by atoms with Gasteiger partial charge < -0.3 is 5.32 Å². The van der Waals surface area contributed by atoms with Crippen LogP contribution in [-0.2, 0) is 0 Å². The van der Waals surface area contributed by atoms with E-state index in [2.05, 4.69) is 31.4 Å². The topological polar surface area (TPSA) is 81.6 Å². The van der Waals surface area contributed by atoms with Gasteiger partial charge >= 0.3 is 0 Å². The summed E-state index contributed by atoms with van der Waals surface area (Å²) in [6, 6.07) is 3.33. The molecule has 2 N–H and O–H groups in total. The normalized spacial score (nSPS) is 9.00. The highest BCUT2D eigenvalue weighted by atomic mass is 79.9. The zero-order chi connectivity index (χ0) is 8.97. The smallest absolute Gasteiger partial charge is 0.272 e. The van der Waals surface area contributed by atoms with E-state index in [1.807, 2.05) is 0 Å². The minimum atomic E-state index is -0.362. The number of rotatable bonds is 2. The molecular formula is C6H5BrN4O. The number of nitrogens with one attached hydrogen (secondary N) is 2. The van der Waals surface area contributed by atoms with E-state index >= 15 is 0 Å². The third kappa shape index (κ3) is 2.07. The Bertz CT molecular complexity index is 327. The lowest BCUT2D eigenvalue weighted by molar-refractivity contribution is 0.0953. The van der Waals surface area contributed by atoms with Gasteiger partial charge in [0.05, 0.1) is 6.07 Å². The quantitative estimate of drug-likeness (QED) is 0.721. The summed E-state index contributed by atoms with van der Waals surface area (Å²) in [5.41, 5.74) is 0.261. The van der Waals surface area contributed by atoms with Crippen LogP contribution in [0.3, 0.4) is 0 Å². The molecule has 0 fully saturated rings. The Kier molecular flexibility index (Phi) is 2.82. The lowest BCUT2D eigenvalue weighted by Crippen LogP contribution is -2.23. The van der Waals surface area contributed by atoms with Crippen LogP contribution in [0.1, 0.15) is 10.5 Å². The zero-order valence-electron chi connectivity index (χ0n) is 5.97. The highest BCUT2D eigenvalue weighted by Gasteiger charge is 2.07. The molecule has 0 saturated carbocycles. The van der Waals surface area contributed by atoms with E-state index in [1.165, 1.54) is 6.07 Å². The fourth-order valence-electron chi connectivity index (χ4n) is 0.625. The molecule has 1 heterocycles. The second kappa shape index (κ2) is 3.88. The van der Waals surface area contributed by atoms with Gasteiger partial charge in [-0.1, -0.05) is 0 Å². The van der Waals surface area contributed by atoms with Crippen molar-refractivity contribution in [3.8, 4) is 6.07 Å². The Morgan fingerprint density at radius 2 is 2.67 bits per heavy atom. The van der Waals surface area contributed by atoms with E-state index in [1.54, 1.807) is 6.07 Å². The van der Waals surface area contributed by atoms with Gasteiger partial charge in [0.25, 0.3) is 5.91 Å². The Balaban J connectivity index is 2.61. The molecule has 0 radical (unpaired) electrons.